The maximum Gasteiger partial charge on any atom is 0.349 e. The third-order valence-corrected chi connectivity index (χ3v) is 4.73. The fraction of sp³-hybridized carbons (Fsp3) is 0.190. The molecule has 3 aromatic rings. The first-order chi connectivity index (χ1) is 13.1. The number of anilines is 1. The summed E-state index contributed by atoms with van der Waals surface area (Å²) < 4.78 is 5.26. The largest absolute Gasteiger partial charge is 0.422 e. The Morgan fingerprint density at radius 3 is 2.59 bits per heavy atom. The van der Waals surface area contributed by atoms with Crippen molar-refractivity contribution in [3.63, 3.8) is 0 Å². The van der Waals surface area contributed by atoms with Crippen LogP contribution in [0.25, 0.3) is 11.0 Å². The molecule has 136 valence electrons. The lowest BCUT2D eigenvalue weighted by molar-refractivity contribution is -0.119. The van der Waals surface area contributed by atoms with Crippen LogP contribution in [0.15, 0.2) is 69.9 Å². The third-order valence-electron chi connectivity index (χ3n) is 4.73. The molecule has 1 aliphatic heterocycles. The van der Waals surface area contributed by atoms with Crippen molar-refractivity contribution < 1.29 is 14.0 Å². The molecule has 6 heteroatoms. The Morgan fingerprint density at radius 2 is 1.78 bits per heavy atom. The number of amides is 2. The highest BCUT2D eigenvalue weighted by Gasteiger charge is 2.35. The van der Waals surface area contributed by atoms with Crippen molar-refractivity contribution in [3.05, 3.63) is 76.6 Å². The SMILES string of the molecule is O=C(Nc1ccccc1)[C@@H]1CCCN1C(=O)c1cc2ccccc2oc1=O. The molecule has 0 spiro atoms. The molecule has 2 aromatic carbocycles. The van der Waals surface area contributed by atoms with Crippen LogP contribution in [0.1, 0.15) is 23.2 Å². The van der Waals surface area contributed by atoms with Gasteiger partial charge in [-0.15, -0.1) is 0 Å². The maximum atomic E-state index is 13.0. The topological polar surface area (TPSA) is 79.6 Å². The fourth-order valence-electron chi connectivity index (χ4n) is 3.40. The molecule has 1 fully saturated rings. The number of hydrogen-bond donors (Lipinski definition) is 1. The highest BCUT2D eigenvalue weighted by molar-refractivity contribution is 6.02. The van der Waals surface area contributed by atoms with Crippen molar-refractivity contribution in [1.29, 1.82) is 0 Å². The van der Waals surface area contributed by atoms with E-state index in [-0.39, 0.29) is 11.5 Å². The molecular weight excluding hydrogens is 344 g/mol. The lowest BCUT2D eigenvalue weighted by Crippen LogP contribution is -2.44. The number of fused-ring (bicyclic) bond motifs is 1. The summed E-state index contributed by atoms with van der Waals surface area (Å²) in [6.45, 7) is 0.429. The van der Waals surface area contributed by atoms with Crippen LogP contribution in [0.3, 0.4) is 0 Å². The third kappa shape index (κ3) is 3.33. The molecule has 1 saturated heterocycles. The minimum atomic E-state index is -0.687. The minimum Gasteiger partial charge on any atom is -0.422 e. The van der Waals surface area contributed by atoms with Crippen molar-refractivity contribution in [2.75, 3.05) is 11.9 Å². The van der Waals surface area contributed by atoms with Crippen molar-refractivity contribution in [2.24, 2.45) is 0 Å². The van der Waals surface area contributed by atoms with Crippen LogP contribution in [0.4, 0.5) is 5.69 Å². The number of benzene rings is 2. The number of carbonyl (C=O) groups is 2. The summed E-state index contributed by atoms with van der Waals surface area (Å²) in [4.78, 5) is 39.4. The molecule has 1 atom stereocenters. The number of para-hydroxylation sites is 2. The van der Waals surface area contributed by atoms with Gasteiger partial charge in [0.15, 0.2) is 0 Å². The molecule has 0 bridgehead atoms. The zero-order valence-electron chi connectivity index (χ0n) is 14.6. The van der Waals surface area contributed by atoms with Crippen LogP contribution in [-0.2, 0) is 4.79 Å². The Hall–Kier alpha value is -3.41. The van der Waals surface area contributed by atoms with E-state index in [4.69, 9.17) is 4.42 Å². The Kier molecular flexibility index (Phi) is 4.46. The van der Waals surface area contributed by atoms with Crippen molar-refractivity contribution >= 4 is 28.5 Å². The van der Waals surface area contributed by atoms with Crippen LogP contribution in [0.2, 0.25) is 0 Å². The normalized spacial score (nSPS) is 16.4. The standard InChI is InChI=1S/C21H18N2O4/c24-19(22-15-8-2-1-3-9-15)17-10-6-12-23(17)20(25)16-13-14-7-4-5-11-18(14)27-21(16)26/h1-5,7-9,11,13,17H,6,10,12H2,(H,22,24)/t17-/m0/s1. The summed E-state index contributed by atoms with van der Waals surface area (Å²) in [5, 5.41) is 3.50. The molecule has 6 nitrogen and oxygen atoms in total. The van der Waals surface area contributed by atoms with Gasteiger partial charge in [0.05, 0.1) is 0 Å². The first kappa shape index (κ1) is 17.0. The van der Waals surface area contributed by atoms with Crippen molar-refractivity contribution in [3.8, 4) is 0 Å². The Morgan fingerprint density at radius 1 is 1.04 bits per heavy atom. The number of likely N-dealkylation sites (tertiary alicyclic amines) is 1. The lowest BCUT2D eigenvalue weighted by Gasteiger charge is -2.23. The number of carbonyl (C=O) groups excluding carboxylic acids is 2. The average molecular weight is 362 g/mol. The van der Waals surface area contributed by atoms with E-state index in [2.05, 4.69) is 5.32 Å². The van der Waals surface area contributed by atoms with E-state index in [0.717, 1.165) is 0 Å². The van der Waals surface area contributed by atoms with Crippen LogP contribution in [-0.4, -0.2) is 29.3 Å². The van der Waals surface area contributed by atoms with Crippen LogP contribution in [0, 0.1) is 0 Å². The van der Waals surface area contributed by atoms with Crippen molar-refractivity contribution in [1.82, 2.24) is 4.90 Å². The van der Waals surface area contributed by atoms with E-state index in [9.17, 15) is 14.4 Å². The highest BCUT2D eigenvalue weighted by Crippen LogP contribution is 2.22. The quantitative estimate of drug-likeness (QED) is 0.727. The molecule has 0 saturated carbocycles. The predicted octanol–water partition coefficient (Wildman–Crippen LogP) is 3.04. The molecule has 1 aromatic heterocycles. The first-order valence-corrected chi connectivity index (χ1v) is 8.83. The molecule has 0 aliphatic carbocycles. The lowest BCUT2D eigenvalue weighted by atomic mass is 10.1. The highest BCUT2D eigenvalue weighted by atomic mass is 16.4. The Labute approximate surface area is 155 Å². The van der Waals surface area contributed by atoms with Gasteiger partial charge < -0.3 is 14.6 Å². The number of nitrogens with zero attached hydrogens (tertiary/aromatic N) is 1. The smallest absolute Gasteiger partial charge is 0.349 e. The van der Waals surface area contributed by atoms with Gasteiger partial charge in [0.25, 0.3) is 5.91 Å². The van der Waals surface area contributed by atoms with E-state index in [1.165, 1.54) is 11.0 Å². The second kappa shape index (κ2) is 7.07. The van der Waals surface area contributed by atoms with E-state index in [0.29, 0.717) is 36.0 Å². The van der Waals surface area contributed by atoms with Gasteiger partial charge >= 0.3 is 5.63 Å². The fourth-order valence-corrected chi connectivity index (χ4v) is 3.40. The van der Waals surface area contributed by atoms with Crippen molar-refractivity contribution in [2.45, 2.75) is 18.9 Å². The number of nitrogens with one attached hydrogen (secondary N) is 1. The molecule has 0 radical (unpaired) electrons. The zero-order chi connectivity index (χ0) is 18.8. The molecule has 2 heterocycles. The van der Waals surface area contributed by atoms with Gasteiger partial charge in [0.1, 0.15) is 17.2 Å². The summed E-state index contributed by atoms with van der Waals surface area (Å²) in [6, 6.07) is 17.0. The van der Waals surface area contributed by atoms with Gasteiger partial charge in [0, 0.05) is 17.6 Å². The van der Waals surface area contributed by atoms with Crippen LogP contribution >= 0.6 is 0 Å². The van der Waals surface area contributed by atoms with Gasteiger partial charge in [-0.1, -0.05) is 36.4 Å². The van der Waals surface area contributed by atoms with Gasteiger partial charge in [-0.2, -0.15) is 0 Å². The number of hydrogen-bond acceptors (Lipinski definition) is 4. The van der Waals surface area contributed by atoms with E-state index in [1.54, 1.807) is 30.3 Å². The monoisotopic (exact) mass is 362 g/mol. The summed E-state index contributed by atoms with van der Waals surface area (Å²) >= 11 is 0. The minimum absolute atomic E-state index is 0.0480. The number of rotatable bonds is 3. The molecule has 2 amide bonds. The molecule has 1 N–H and O–H groups in total. The molecule has 0 unspecified atom stereocenters. The summed E-state index contributed by atoms with van der Waals surface area (Å²) in [6.07, 6.45) is 1.26. The van der Waals surface area contributed by atoms with E-state index >= 15 is 0 Å². The molecule has 27 heavy (non-hydrogen) atoms. The summed E-state index contributed by atoms with van der Waals surface area (Å²) in [7, 11) is 0. The molecule has 4 rings (SSSR count). The Bertz CT molecular complexity index is 1060. The molecular formula is C21H18N2O4. The predicted molar refractivity (Wildman–Crippen MR) is 102 cm³/mol. The van der Waals surface area contributed by atoms with Gasteiger partial charge in [0.2, 0.25) is 5.91 Å². The zero-order valence-corrected chi connectivity index (χ0v) is 14.6. The van der Waals surface area contributed by atoms with Gasteiger partial charge in [-0.3, -0.25) is 9.59 Å². The molecule has 1 aliphatic rings. The van der Waals surface area contributed by atoms with E-state index < -0.39 is 17.6 Å². The maximum absolute atomic E-state index is 13.0. The second-order valence-electron chi connectivity index (χ2n) is 6.50. The summed E-state index contributed by atoms with van der Waals surface area (Å²) in [5.41, 5.74) is 0.367. The summed E-state index contributed by atoms with van der Waals surface area (Å²) in [5.74, 6) is -0.725. The van der Waals surface area contributed by atoms with Gasteiger partial charge in [-0.25, -0.2) is 4.79 Å². The van der Waals surface area contributed by atoms with Gasteiger partial charge in [-0.05, 0) is 37.1 Å². The van der Waals surface area contributed by atoms with Crippen LogP contribution in [0.5, 0.6) is 0 Å². The first-order valence-electron chi connectivity index (χ1n) is 8.83. The average Bonchev–Trinajstić information content (AvgIpc) is 3.18. The second-order valence-corrected chi connectivity index (χ2v) is 6.50. The van der Waals surface area contributed by atoms with E-state index in [1.807, 2.05) is 24.3 Å². The van der Waals surface area contributed by atoms with Crippen LogP contribution < -0.4 is 10.9 Å². The Balaban J connectivity index is 1.60.